The third-order valence-electron chi connectivity index (χ3n) is 2.94. The molecule has 0 saturated carbocycles. The summed E-state index contributed by atoms with van der Waals surface area (Å²) in [6, 6.07) is -0.412. The normalized spacial score (nSPS) is 15.0. The summed E-state index contributed by atoms with van der Waals surface area (Å²) in [6.45, 7) is 6.54. The Morgan fingerprint density at radius 3 is 2.16 bits per heavy atom. The van der Waals surface area contributed by atoms with Crippen molar-refractivity contribution in [2.75, 3.05) is 7.11 Å². The standard InChI is InChI=1S/C13H23NO5/c1-6-8(2)13(14-9(3)15)11(19-10(4)16)7-12(17)18-5/h8,11,13H,6-7H2,1-5H3,(H,14,15)/t8-,11+,13+/m0/s1. The van der Waals surface area contributed by atoms with Crippen molar-refractivity contribution in [1.82, 2.24) is 5.32 Å². The lowest BCUT2D eigenvalue weighted by Crippen LogP contribution is -2.49. The Bertz CT molecular complexity index is 329. The lowest BCUT2D eigenvalue weighted by atomic mass is 9.92. The lowest BCUT2D eigenvalue weighted by Gasteiger charge is -2.30. The summed E-state index contributed by atoms with van der Waals surface area (Å²) in [7, 11) is 1.27. The average Bonchev–Trinajstić information content (AvgIpc) is 2.33. The van der Waals surface area contributed by atoms with Gasteiger partial charge in [0.15, 0.2) is 0 Å². The van der Waals surface area contributed by atoms with Crippen LogP contribution in [-0.4, -0.2) is 37.1 Å². The van der Waals surface area contributed by atoms with E-state index in [-0.39, 0.29) is 18.2 Å². The molecule has 6 heteroatoms. The summed E-state index contributed by atoms with van der Waals surface area (Å²) >= 11 is 0. The van der Waals surface area contributed by atoms with Crippen LogP contribution < -0.4 is 5.32 Å². The zero-order chi connectivity index (χ0) is 15.0. The summed E-state index contributed by atoms with van der Waals surface area (Å²) in [5.41, 5.74) is 0. The second-order valence-corrected chi connectivity index (χ2v) is 4.54. The molecule has 0 aromatic carbocycles. The summed E-state index contributed by atoms with van der Waals surface area (Å²) in [5, 5.41) is 2.74. The molecule has 0 fully saturated rings. The van der Waals surface area contributed by atoms with E-state index < -0.39 is 24.1 Å². The summed E-state index contributed by atoms with van der Waals surface area (Å²) in [4.78, 5) is 33.8. The highest BCUT2D eigenvalue weighted by molar-refractivity contribution is 5.74. The quantitative estimate of drug-likeness (QED) is 0.701. The van der Waals surface area contributed by atoms with Gasteiger partial charge in [-0.3, -0.25) is 14.4 Å². The Hall–Kier alpha value is -1.59. The molecule has 0 aliphatic heterocycles. The molecule has 3 atom stereocenters. The van der Waals surface area contributed by atoms with Crippen LogP contribution in [0.1, 0.15) is 40.5 Å². The van der Waals surface area contributed by atoms with Crippen LogP contribution in [0.5, 0.6) is 0 Å². The minimum absolute atomic E-state index is 0.0675. The molecule has 0 radical (unpaired) electrons. The van der Waals surface area contributed by atoms with Crippen molar-refractivity contribution < 1.29 is 23.9 Å². The fourth-order valence-corrected chi connectivity index (χ4v) is 1.79. The molecule has 1 amide bonds. The van der Waals surface area contributed by atoms with Gasteiger partial charge < -0.3 is 14.8 Å². The molecule has 110 valence electrons. The Kier molecular flexibility index (Phi) is 7.79. The van der Waals surface area contributed by atoms with E-state index in [0.29, 0.717) is 0 Å². The first-order chi connectivity index (χ1) is 8.81. The highest BCUT2D eigenvalue weighted by Crippen LogP contribution is 2.17. The first-order valence-electron chi connectivity index (χ1n) is 6.32. The van der Waals surface area contributed by atoms with Crippen LogP contribution in [-0.2, 0) is 23.9 Å². The monoisotopic (exact) mass is 273 g/mol. The van der Waals surface area contributed by atoms with E-state index in [1.165, 1.54) is 21.0 Å². The van der Waals surface area contributed by atoms with Gasteiger partial charge in [0.2, 0.25) is 5.91 Å². The van der Waals surface area contributed by atoms with Crippen LogP contribution in [0.15, 0.2) is 0 Å². The van der Waals surface area contributed by atoms with Crippen molar-refractivity contribution in [1.29, 1.82) is 0 Å². The van der Waals surface area contributed by atoms with Crippen LogP contribution in [0, 0.1) is 5.92 Å². The number of methoxy groups -OCH3 is 1. The van der Waals surface area contributed by atoms with Crippen molar-refractivity contribution in [3.63, 3.8) is 0 Å². The van der Waals surface area contributed by atoms with Crippen molar-refractivity contribution in [3.05, 3.63) is 0 Å². The van der Waals surface area contributed by atoms with Gasteiger partial charge in [0.25, 0.3) is 0 Å². The first kappa shape index (κ1) is 17.4. The van der Waals surface area contributed by atoms with Crippen molar-refractivity contribution >= 4 is 17.8 Å². The molecule has 6 nitrogen and oxygen atoms in total. The van der Waals surface area contributed by atoms with Gasteiger partial charge in [0.1, 0.15) is 6.10 Å². The third-order valence-corrected chi connectivity index (χ3v) is 2.94. The minimum atomic E-state index is -0.719. The van der Waals surface area contributed by atoms with E-state index in [0.717, 1.165) is 6.42 Å². The van der Waals surface area contributed by atoms with E-state index >= 15 is 0 Å². The first-order valence-corrected chi connectivity index (χ1v) is 6.32. The number of rotatable bonds is 7. The molecule has 0 aromatic rings. The Labute approximate surface area is 113 Å². The molecule has 1 N–H and O–H groups in total. The molecule has 0 rings (SSSR count). The number of carbonyl (C=O) groups excluding carboxylic acids is 3. The van der Waals surface area contributed by atoms with Gasteiger partial charge >= 0.3 is 11.9 Å². The van der Waals surface area contributed by atoms with Gasteiger partial charge in [-0.1, -0.05) is 20.3 Å². The predicted molar refractivity (Wildman–Crippen MR) is 69.2 cm³/mol. The number of hydrogen-bond acceptors (Lipinski definition) is 5. The van der Waals surface area contributed by atoms with Crippen LogP contribution >= 0.6 is 0 Å². The largest absolute Gasteiger partial charge is 0.469 e. The smallest absolute Gasteiger partial charge is 0.309 e. The highest BCUT2D eigenvalue weighted by atomic mass is 16.6. The second kappa shape index (κ2) is 8.50. The zero-order valence-electron chi connectivity index (χ0n) is 12.2. The van der Waals surface area contributed by atoms with Crippen LogP contribution in [0.4, 0.5) is 0 Å². The predicted octanol–water partition coefficient (Wildman–Crippen LogP) is 1.03. The molecule has 19 heavy (non-hydrogen) atoms. The summed E-state index contributed by atoms with van der Waals surface area (Å²) < 4.78 is 9.74. The maximum atomic E-state index is 11.4. The topological polar surface area (TPSA) is 81.7 Å². The fourth-order valence-electron chi connectivity index (χ4n) is 1.79. The highest BCUT2D eigenvalue weighted by Gasteiger charge is 2.31. The van der Waals surface area contributed by atoms with Gasteiger partial charge in [-0.2, -0.15) is 0 Å². The number of hydrogen-bond donors (Lipinski definition) is 1. The maximum Gasteiger partial charge on any atom is 0.309 e. The van der Waals surface area contributed by atoms with Gasteiger partial charge in [-0.05, 0) is 5.92 Å². The molecule has 0 aromatic heterocycles. The molecule has 0 heterocycles. The number of ether oxygens (including phenoxy) is 2. The number of carbonyl (C=O) groups is 3. The van der Waals surface area contributed by atoms with Gasteiger partial charge in [-0.25, -0.2) is 0 Å². The van der Waals surface area contributed by atoms with E-state index in [1.807, 2.05) is 13.8 Å². The van der Waals surface area contributed by atoms with Crippen molar-refractivity contribution in [2.45, 2.75) is 52.7 Å². The molecule has 0 unspecified atom stereocenters. The molecular formula is C13H23NO5. The van der Waals surface area contributed by atoms with Crippen LogP contribution in [0.2, 0.25) is 0 Å². The molecule has 0 aliphatic rings. The Morgan fingerprint density at radius 1 is 1.21 bits per heavy atom. The van der Waals surface area contributed by atoms with Crippen LogP contribution in [0.25, 0.3) is 0 Å². The van der Waals surface area contributed by atoms with Crippen LogP contribution in [0.3, 0.4) is 0 Å². The number of amides is 1. The van der Waals surface area contributed by atoms with E-state index in [4.69, 9.17) is 4.74 Å². The molecule has 0 bridgehead atoms. The lowest BCUT2D eigenvalue weighted by molar-refractivity contribution is -0.155. The van der Waals surface area contributed by atoms with E-state index in [2.05, 4.69) is 10.1 Å². The number of nitrogens with one attached hydrogen (secondary N) is 1. The van der Waals surface area contributed by atoms with Crippen molar-refractivity contribution in [2.24, 2.45) is 5.92 Å². The van der Waals surface area contributed by atoms with Crippen molar-refractivity contribution in [3.8, 4) is 0 Å². The summed E-state index contributed by atoms with van der Waals surface area (Å²) in [5.74, 6) is -1.14. The second-order valence-electron chi connectivity index (χ2n) is 4.54. The fraction of sp³-hybridized carbons (Fsp3) is 0.769. The molecule has 0 aliphatic carbocycles. The Balaban J connectivity index is 5.03. The minimum Gasteiger partial charge on any atom is -0.469 e. The zero-order valence-corrected chi connectivity index (χ0v) is 12.2. The van der Waals surface area contributed by atoms with Gasteiger partial charge in [-0.15, -0.1) is 0 Å². The van der Waals surface area contributed by atoms with Gasteiger partial charge in [0, 0.05) is 13.8 Å². The summed E-state index contributed by atoms with van der Waals surface area (Å²) in [6.07, 6.45) is -0.0151. The average molecular weight is 273 g/mol. The number of esters is 2. The Morgan fingerprint density at radius 2 is 1.79 bits per heavy atom. The molecular weight excluding hydrogens is 250 g/mol. The third kappa shape index (κ3) is 6.79. The molecule has 0 spiro atoms. The maximum absolute atomic E-state index is 11.4. The van der Waals surface area contributed by atoms with E-state index in [1.54, 1.807) is 0 Å². The SMILES string of the molecule is CC[C@H](C)[C@@H](NC(C)=O)[C@@H](CC(=O)OC)OC(C)=O. The van der Waals surface area contributed by atoms with E-state index in [9.17, 15) is 14.4 Å². The van der Waals surface area contributed by atoms with Gasteiger partial charge in [0.05, 0.1) is 19.6 Å². The molecule has 0 saturated heterocycles.